The fraction of sp³-hybridized carbons (Fsp3) is 0.0833. The topological polar surface area (TPSA) is 74.1 Å². The minimum atomic E-state index is -0.484. The van der Waals surface area contributed by atoms with Gasteiger partial charge < -0.3 is 15.4 Å². The molecule has 3 aromatic rings. The predicted octanol–water partition coefficient (Wildman–Crippen LogP) is 5.69. The molecule has 0 aromatic heterocycles. The molecule has 0 aliphatic carbocycles. The fourth-order valence-electron chi connectivity index (χ4n) is 2.59. The van der Waals surface area contributed by atoms with Crippen LogP contribution in [0.15, 0.2) is 100 Å². The molecule has 0 aliphatic rings. The summed E-state index contributed by atoms with van der Waals surface area (Å²) >= 11 is 1.60. The van der Waals surface area contributed by atoms with E-state index < -0.39 is 5.91 Å². The standard InChI is InChI=1S/C24H21N3O2S/c1-2-29-20-14-12-19(13-15-20)27-24(28)18(16-25)17-26-22-10-6-7-11-23(22)30-21-8-4-3-5-9-21/h3-15,17,26H,2H2,1H3,(H,27,28)/b18-17-. The van der Waals surface area contributed by atoms with Crippen LogP contribution in [0.1, 0.15) is 6.92 Å². The van der Waals surface area contributed by atoms with Crippen LogP contribution in [-0.2, 0) is 4.79 Å². The van der Waals surface area contributed by atoms with E-state index in [1.807, 2.05) is 67.6 Å². The van der Waals surface area contributed by atoms with E-state index in [1.165, 1.54) is 6.20 Å². The molecule has 6 heteroatoms. The van der Waals surface area contributed by atoms with Gasteiger partial charge in [0.25, 0.3) is 5.91 Å². The molecule has 0 atom stereocenters. The third-order valence-corrected chi connectivity index (χ3v) is 5.10. The predicted molar refractivity (Wildman–Crippen MR) is 121 cm³/mol. The summed E-state index contributed by atoms with van der Waals surface area (Å²) in [5.41, 5.74) is 1.38. The Bertz CT molecular complexity index is 1060. The fourth-order valence-corrected chi connectivity index (χ4v) is 3.52. The number of rotatable bonds is 8. The van der Waals surface area contributed by atoms with Crippen LogP contribution >= 0.6 is 11.8 Å². The molecule has 0 radical (unpaired) electrons. The van der Waals surface area contributed by atoms with Crippen molar-refractivity contribution in [1.82, 2.24) is 0 Å². The number of hydrogen-bond acceptors (Lipinski definition) is 5. The summed E-state index contributed by atoms with van der Waals surface area (Å²) in [6, 6.07) is 26.7. The second-order valence-corrected chi connectivity index (χ2v) is 7.25. The molecule has 0 bridgehead atoms. The smallest absolute Gasteiger partial charge is 0.267 e. The molecule has 3 aromatic carbocycles. The van der Waals surface area contributed by atoms with Gasteiger partial charge in [-0.25, -0.2) is 0 Å². The SMILES string of the molecule is CCOc1ccc(NC(=O)/C(C#N)=C\Nc2ccccc2Sc2ccccc2)cc1. The van der Waals surface area contributed by atoms with E-state index in [-0.39, 0.29) is 5.57 Å². The van der Waals surface area contributed by atoms with Gasteiger partial charge >= 0.3 is 0 Å². The lowest BCUT2D eigenvalue weighted by molar-refractivity contribution is -0.112. The molecule has 1 amide bonds. The second kappa shape index (κ2) is 10.7. The number of carbonyl (C=O) groups excluding carboxylic acids is 1. The highest BCUT2D eigenvalue weighted by Gasteiger charge is 2.10. The summed E-state index contributed by atoms with van der Waals surface area (Å²) in [6.45, 7) is 2.48. The Kier molecular flexibility index (Phi) is 7.53. The van der Waals surface area contributed by atoms with E-state index in [4.69, 9.17) is 4.74 Å². The van der Waals surface area contributed by atoms with Crippen LogP contribution < -0.4 is 15.4 Å². The van der Waals surface area contributed by atoms with Crippen LogP contribution in [0.3, 0.4) is 0 Å². The highest BCUT2D eigenvalue weighted by atomic mass is 32.2. The lowest BCUT2D eigenvalue weighted by atomic mass is 10.2. The van der Waals surface area contributed by atoms with Crippen molar-refractivity contribution >= 4 is 29.0 Å². The molecule has 0 heterocycles. The van der Waals surface area contributed by atoms with Gasteiger partial charge in [0, 0.05) is 21.7 Å². The molecule has 5 nitrogen and oxygen atoms in total. The first-order valence-corrected chi connectivity index (χ1v) is 10.2. The lowest BCUT2D eigenvalue weighted by Gasteiger charge is -2.10. The normalized spacial score (nSPS) is 10.7. The molecular weight excluding hydrogens is 394 g/mol. The van der Waals surface area contributed by atoms with Crippen molar-refractivity contribution < 1.29 is 9.53 Å². The van der Waals surface area contributed by atoms with Crippen LogP contribution in [0, 0.1) is 11.3 Å². The number of ether oxygens (including phenoxy) is 1. The van der Waals surface area contributed by atoms with Crippen molar-refractivity contribution in [3.63, 3.8) is 0 Å². The number of nitriles is 1. The number of benzene rings is 3. The van der Waals surface area contributed by atoms with E-state index in [0.29, 0.717) is 12.3 Å². The van der Waals surface area contributed by atoms with Crippen LogP contribution in [0.4, 0.5) is 11.4 Å². The summed E-state index contributed by atoms with van der Waals surface area (Å²) in [4.78, 5) is 14.6. The van der Waals surface area contributed by atoms with E-state index in [2.05, 4.69) is 10.6 Å². The summed E-state index contributed by atoms with van der Waals surface area (Å²) in [5.74, 6) is 0.239. The molecule has 30 heavy (non-hydrogen) atoms. The van der Waals surface area contributed by atoms with E-state index in [1.54, 1.807) is 36.0 Å². The van der Waals surface area contributed by atoms with Crippen LogP contribution in [0.2, 0.25) is 0 Å². The minimum absolute atomic E-state index is 0.0246. The summed E-state index contributed by atoms with van der Waals surface area (Å²) in [7, 11) is 0. The molecule has 150 valence electrons. The number of carbonyl (C=O) groups is 1. The van der Waals surface area contributed by atoms with Crippen LogP contribution in [0.5, 0.6) is 5.75 Å². The molecular formula is C24H21N3O2S. The van der Waals surface area contributed by atoms with Crippen molar-refractivity contribution in [3.8, 4) is 11.8 Å². The number of amides is 1. The van der Waals surface area contributed by atoms with Gasteiger partial charge in [-0.15, -0.1) is 0 Å². The zero-order valence-electron chi connectivity index (χ0n) is 16.5. The third-order valence-electron chi connectivity index (χ3n) is 4.02. The zero-order valence-corrected chi connectivity index (χ0v) is 17.3. The Balaban J connectivity index is 1.69. The Morgan fingerprint density at radius 3 is 2.43 bits per heavy atom. The maximum absolute atomic E-state index is 12.5. The number of nitrogens with zero attached hydrogens (tertiary/aromatic N) is 1. The lowest BCUT2D eigenvalue weighted by Crippen LogP contribution is -2.14. The van der Waals surface area contributed by atoms with Gasteiger partial charge in [-0.05, 0) is 55.5 Å². The molecule has 0 spiro atoms. The minimum Gasteiger partial charge on any atom is -0.494 e. The van der Waals surface area contributed by atoms with Crippen molar-refractivity contribution in [2.24, 2.45) is 0 Å². The molecule has 3 rings (SSSR count). The van der Waals surface area contributed by atoms with Crippen molar-refractivity contribution in [2.75, 3.05) is 17.2 Å². The molecule has 0 fully saturated rings. The zero-order chi connectivity index (χ0) is 21.2. The monoisotopic (exact) mass is 415 g/mol. The molecule has 2 N–H and O–H groups in total. The maximum atomic E-state index is 12.5. The quantitative estimate of drug-likeness (QED) is 0.365. The number of para-hydroxylation sites is 1. The molecule has 0 saturated heterocycles. The summed E-state index contributed by atoms with van der Waals surface area (Å²) < 4.78 is 5.39. The van der Waals surface area contributed by atoms with Gasteiger partial charge in [0.15, 0.2) is 0 Å². The van der Waals surface area contributed by atoms with Gasteiger partial charge in [0.05, 0.1) is 12.3 Å². The van der Waals surface area contributed by atoms with E-state index >= 15 is 0 Å². The number of nitrogens with one attached hydrogen (secondary N) is 2. The first kappa shape index (κ1) is 21.0. The average molecular weight is 416 g/mol. The first-order chi connectivity index (χ1) is 14.7. The van der Waals surface area contributed by atoms with Gasteiger partial charge in [-0.1, -0.05) is 42.1 Å². The Morgan fingerprint density at radius 2 is 1.73 bits per heavy atom. The maximum Gasteiger partial charge on any atom is 0.267 e. The van der Waals surface area contributed by atoms with Crippen molar-refractivity contribution in [3.05, 3.63) is 90.6 Å². The molecule has 0 aliphatic heterocycles. The Labute approximate surface area is 180 Å². The van der Waals surface area contributed by atoms with Crippen LogP contribution in [-0.4, -0.2) is 12.5 Å². The van der Waals surface area contributed by atoms with Gasteiger partial charge in [0.1, 0.15) is 17.4 Å². The van der Waals surface area contributed by atoms with Crippen molar-refractivity contribution in [2.45, 2.75) is 16.7 Å². The third kappa shape index (κ3) is 5.90. The summed E-state index contributed by atoms with van der Waals surface area (Å²) in [5, 5.41) is 15.2. The van der Waals surface area contributed by atoms with Gasteiger partial charge in [0.2, 0.25) is 0 Å². The van der Waals surface area contributed by atoms with E-state index in [9.17, 15) is 10.1 Å². The summed E-state index contributed by atoms with van der Waals surface area (Å²) in [6.07, 6.45) is 1.42. The largest absolute Gasteiger partial charge is 0.494 e. The van der Waals surface area contributed by atoms with Gasteiger partial charge in [-0.2, -0.15) is 5.26 Å². The van der Waals surface area contributed by atoms with Crippen molar-refractivity contribution in [1.29, 1.82) is 5.26 Å². The van der Waals surface area contributed by atoms with Crippen LogP contribution in [0.25, 0.3) is 0 Å². The van der Waals surface area contributed by atoms with Gasteiger partial charge in [-0.3, -0.25) is 4.79 Å². The average Bonchev–Trinajstić information content (AvgIpc) is 2.77. The Morgan fingerprint density at radius 1 is 1.03 bits per heavy atom. The number of hydrogen-bond donors (Lipinski definition) is 2. The van der Waals surface area contributed by atoms with E-state index in [0.717, 1.165) is 21.2 Å². The molecule has 0 saturated carbocycles. The number of anilines is 2. The second-order valence-electron chi connectivity index (χ2n) is 6.14. The molecule has 0 unspecified atom stereocenters. The Hall–Kier alpha value is -3.69. The highest BCUT2D eigenvalue weighted by Crippen LogP contribution is 2.33. The highest BCUT2D eigenvalue weighted by molar-refractivity contribution is 7.99. The first-order valence-electron chi connectivity index (χ1n) is 9.42.